The van der Waals surface area contributed by atoms with Crippen LogP contribution in [0.3, 0.4) is 0 Å². The van der Waals surface area contributed by atoms with Crippen LogP contribution in [0.4, 0.5) is 0 Å². The minimum atomic E-state index is -0.121. The van der Waals surface area contributed by atoms with Gasteiger partial charge in [0.05, 0.1) is 6.10 Å². The summed E-state index contributed by atoms with van der Waals surface area (Å²) in [5.74, 6) is 2.24. The first-order chi connectivity index (χ1) is 14.2. The van der Waals surface area contributed by atoms with Crippen LogP contribution < -0.4 is 0 Å². The Bertz CT molecular complexity index is 790. The molecule has 0 amide bonds. The Labute approximate surface area is 192 Å². The first kappa shape index (κ1) is 22.5. The second-order valence-electron chi connectivity index (χ2n) is 15.3. The van der Waals surface area contributed by atoms with Crippen molar-refractivity contribution in [3.05, 3.63) is 11.6 Å². The zero-order valence-electron chi connectivity index (χ0n) is 21.9. The topological polar surface area (TPSA) is 20.2 Å². The molecule has 0 aliphatic heterocycles. The first-order valence-corrected chi connectivity index (χ1v) is 13.6. The van der Waals surface area contributed by atoms with Crippen LogP contribution in [0.2, 0.25) is 0 Å². The minimum absolute atomic E-state index is 0.0596. The van der Waals surface area contributed by atoms with Crippen molar-refractivity contribution in [1.29, 1.82) is 0 Å². The molecule has 5 aliphatic carbocycles. The summed E-state index contributed by atoms with van der Waals surface area (Å²) in [7, 11) is 0. The third-order valence-corrected chi connectivity index (χ3v) is 12.9. The summed E-state index contributed by atoms with van der Waals surface area (Å²) in [5.41, 5.74) is 4.12. The van der Waals surface area contributed by atoms with Crippen molar-refractivity contribution >= 4 is 0 Å². The van der Waals surface area contributed by atoms with Crippen molar-refractivity contribution in [2.75, 3.05) is 0 Å². The number of hydrogen-bond acceptors (Lipinski definition) is 1. The van der Waals surface area contributed by atoms with E-state index in [2.05, 4.69) is 61.5 Å². The van der Waals surface area contributed by atoms with Gasteiger partial charge < -0.3 is 5.11 Å². The molecule has 8 atom stereocenters. The average Bonchev–Trinajstić information content (AvgIpc) is 2.66. The Morgan fingerprint density at radius 1 is 0.774 bits per heavy atom. The van der Waals surface area contributed by atoms with Gasteiger partial charge in [0.15, 0.2) is 0 Å². The van der Waals surface area contributed by atoms with Crippen LogP contribution in [-0.2, 0) is 0 Å². The van der Waals surface area contributed by atoms with Gasteiger partial charge >= 0.3 is 0 Å². The zero-order valence-corrected chi connectivity index (χ0v) is 21.9. The second-order valence-corrected chi connectivity index (χ2v) is 15.3. The van der Waals surface area contributed by atoms with Gasteiger partial charge in [-0.2, -0.15) is 0 Å². The van der Waals surface area contributed by atoms with Gasteiger partial charge in [0.2, 0.25) is 0 Å². The van der Waals surface area contributed by atoms with Gasteiger partial charge in [0.25, 0.3) is 0 Å². The van der Waals surface area contributed by atoms with Crippen LogP contribution in [0.5, 0.6) is 0 Å². The van der Waals surface area contributed by atoms with Gasteiger partial charge in [-0.15, -0.1) is 0 Å². The lowest BCUT2D eigenvalue weighted by molar-refractivity contribution is -0.182. The highest BCUT2D eigenvalue weighted by molar-refractivity contribution is 5.32. The van der Waals surface area contributed by atoms with E-state index in [1.54, 1.807) is 0 Å². The molecule has 0 spiro atoms. The van der Waals surface area contributed by atoms with E-state index in [1.807, 2.05) is 5.57 Å². The molecule has 0 aromatic carbocycles. The third kappa shape index (κ3) is 2.77. The molecule has 31 heavy (non-hydrogen) atoms. The van der Waals surface area contributed by atoms with Crippen LogP contribution >= 0.6 is 0 Å². The maximum absolute atomic E-state index is 10.9. The molecule has 1 N–H and O–H groups in total. The fraction of sp³-hybridized carbons (Fsp3) is 0.933. The summed E-state index contributed by atoms with van der Waals surface area (Å²) >= 11 is 0. The normalized spacial score (nSPS) is 55.2. The monoisotopic (exact) mass is 426 g/mol. The fourth-order valence-electron chi connectivity index (χ4n) is 10.9. The van der Waals surface area contributed by atoms with Gasteiger partial charge in [0, 0.05) is 0 Å². The van der Waals surface area contributed by atoms with Crippen molar-refractivity contribution in [2.45, 2.75) is 126 Å². The van der Waals surface area contributed by atoms with Crippen molar-refractivity contribution < 1.29 is 5.11 Å². The van der Waals surface area contributed by atoms with Gasteiger partial charge in [0.1, 0.15) is 0 Å². The quantitative estimate of drug-likeness (QED) is 0.387. The van der Waals surface area contributed by atoms with E-state index in [1.165, 1.54) is 57.8 Å². The van der Waals surface area contributed by atoms with Crippen LogP contribution in [0, 0.1) is 50.2 Å². The molecule has 0 bridgehead atoms. The molecule has 5 aliphatic rings. The van der Waals surface area contributed by atoms with E-state index >= 15 is 0 Å². The van der Waals surface area contributed by atoms with Crippen LogP contribution in [0.25, 0.3) is 0 Å². The molecule has 1 nitrogen and oxygen atoms in total. The van der Waals surface area contributed by atoms with E-state index < -0.39 is 0 Å². The standard InChI is InChI=1S/C30H50O/c1-25(2)17-18-27(5)14-11-20-21(30(27,8)19-25)9-10-23-28(20,6)15-12-22-26(3,4)24(31)13-16-29(22,23)7/h11,21-24,31H,9-10,12-19H2,1-8H3/t21-,22+,23+,24+,27+,28+,29+,30+/m1/s1. The van der Waals surface area contributed by atoms with Crippen molar-refractivity contribution in [2.24, 2.45) is 50.2 Å². The van der Waals surface area contributed by atoms with Crippen LogP contribution in [0.1, 0.15) is 120 Å². The maximum atomic E-state index is 10.9. The Morgan fingerprint density at radius 3 is 2.19 bits per heavy atom. The lowest BCUT2D eigenvalue weighted by Crippen LogP contribution is -2.62. The number of rotatable bonds is 0. The van der Waals surface area contributed by atoms with Crippen LogP contribution in [0.15, 0.2) is 11.6 Å². The predicted molar refractivity (Wildman–Crippen MR) is 131 cm³/mol. The van der Waals surface area contributed by atoms with Gasteiger partial charge in [-0.3, -0.25) is 0 Å². The summed E-state index contributed by atoms with van der Waals surface area (Å²) in [6.07, 6.45) is 15.8. The number of aliphatic hydroxyl groups is 1. The highest BCUT2D eigenvalue weighted by Crippen LogP contribution is 2.74. The summed E-state index contributed by atoms with van der Waals surface area (Å²) in [6.45, 7) is 20.4. The Balaban J connectivity index is 1.55. The van der Waals surface area contributed by atoms with Crippen LogP contribution in [-0.4, -0.2) is 11.2 Å². The second kappa shape index (κ2) is 6.43. The first-order valence-electron chi connectivity index (χ1n) is 13.6. The van der Waals surface area contributed by atoms with Crippen molar-refractivity contribution in [3.8, 4) is 0 Å². The predicted octanol–water partition coefficient (Wildman–Crippen LogP) is 8.17. The molecule has 0 saturated heterocycles. The summed E-state index contributed by atoms with van der Waals surface area (Å²) < 4.78 is 0. The third-order valence-electron chi connectivity index (χ3n) is 12.9. The van der Waals surface area contributed by atoms with E-state index in [0.29, 0.717) is 33.0 Å². The van der Waals surface area contributed by atoms with E-state index in [0.717, 1.165) is 18.3 Å². The number of aliphatic hydroxyl groups excluding tert-OH is 1. The summed E-state index contributed by atoms with van der Waals surface area (Å²) in [6, 6.07) is 0. The number of fused-ring (bicyclic) bond motifs is 7. The average molecular weight is 427 g/mol. The van der Waals surface area contributed by atoms with E-state index in [4.69, 9.17) is 0 Å². The molecular formula is C30H50O. The SMILES string of the molecule is CC1(C)CC[C@]2(C)CC=C3[C@@H](CC[C@@H]4[C@@]5(C)CC[C@H](O)C(C)(C)[C@@H]5CC[C@@]34C)[C@]2(C)C1. The smallest absolute Gasteiger partial charge is 0.0594 e. The molecule has 0 unspecified atom stereocenters. The summed E-state index contributed by atoms with van der Waals surface area (Å²) in [5, 5.41) is 10.9. The molecule has 1 heteroatoms. The highest BCUT2D eigenvalue weighted by atomic mass is 16.3. The molecule has 0 radical (unpaired) electrons. The molecule has 4 saturated carbocycles. The molecule has 0 aromatic rings. The minimum Gasteiger partial charge on any atom is -0.393 e. The van der Waals surface area contributed by atoms with Crippen molar-refractivity contribution in [1.82, 2.24) is 0 Å². The number of hydrogen-bond donors (Lipinski definition) is 1. The molecular weight excluding hydrogens is 376 g/mol. The lowest BCUT2D eigenvalue weighted by atomic mass is 9.35. The maximum Gasteiger partial charge on any atom is 0.0594 e. The van der Waals surface area contributed by atoms with Gasteiger partial charge in [-0.1, -0.05) is 67.0 Å². The molecule has 0 aromatic heterocycles. The lowest BCUT2D eigenvalue weighted by Gasteiger charge is -2.70. The van der Waals surface area contributed by atoms with Gasteiger partial charge in [-0.05, 0) is 114 Å². The van der Waals surface area contributed by atoms with Crippen molar-refractivity contribution in [3.63, 3.8) is 0 Å². The molecule has 4 fully saturated rings. The Morgan fingerprint density at radius 2 is 1.48 bits per heavy atom. The Hall–Kier alpha value is -0.300. The van der Waals surface area contributed by atoms with E-state index in [9.17, 15) is 5.11 Å². The van der Waals surface area contributed by atoms with E-state index in [-0.39, 0.29) is 11.5 Å². The zero-order chi connectivity index (χ0) is 22.7. The highest BCUT2D eigenvalue weighted by Gasteiger charge is 2.66. The molecule has 176 valence electrons. The molecule has 5 rings (SSSR count). The largest absolute Gasteiger partial charge is 0.393 e. The van der Waals surface area contributed by atoms with Gasteiger partial charge in [-0.25, -0.2) is 0 Å². The summed E-state index contributed by atoms with van der Waals surface area (Å²) in [4.78, 5) is 0. The fourth-order valence-corrected chi connectivity index (χ4v) is 10.9. The number of allylic oxidation sites excluding steroid dienone is 2. The Kier molecular flexibility index (Phi) is 4.66. The molecule has 0 heterocycles.